The van der Waals surface area contributed by atoms with E-state index < -0.39 is 0 Å². The SMILES string of the molecule is CCCCCc1nnc(NC(=O)c2cccc(NC(=O)C(C)C)c2)s1. The van der Waals surface area contributed by atoms with Gasteiger partial charge in [0.05, 0.1) is 0 Å². The summed E-state index contributed by atoms with van der Waals surface area (Å²) in [6.45, 7) is 5.79. The van der Waals surface area contributed by atoms with Crippen molar-refractivity contribution in [3.8, 4) is 0 Å². The number of hydrogen-bond donors (Lipinski definition) is 2. The zero-order valence-electron chi connectivity index (χ0n) is 14.8. The van der Waals surface area contributed by atoms with Crippen LogP contribution in [0.2, 0.25) is 0 Å². The van der Waals surface area contributed by atoms with Crippen LogP contribution in [0, 0.1) is 5.92 Å². The van der Waals surface area contributed by atoms with Crippen molar-refractivity contribution in [2.75, 3.05) is 10.6 Å². The number of rotatable bonds is 8. The van der Waals surface area contributed by atoms with Gasteiger partial charge in [-0.25, -0.2) is 0 Å². The first-order valence-corrected chi connectivity index (χ1v) is 9.36. The van der Waals surface area contributed by atoms with Gasteiger partial charge in [-0.3, -0.25) is 14.9 Å². The maximum absolute atomic E-state index is 12.4. The van der Waals surface area contributed by atoms with Gasteiger partial charge in [-0.2, -0.15) is 0 Å². The number of carbonyl (C=O) groups excluding carboxylic acids is 2. The van der Waals surface area contributed by atoms with E-state index in [9.17, 15) is 9.59 Å². The Kier molecular flexibility index (Phi) is 7.06. The molecule has 2 amide bonds. The Balaban J connectivity index is 1.97. The van der Waals surface area contributed by atoms with Gasteiger partial charge in [0.25, 0.3) is 5.91 Å². The molecule has 0 aliphatic heterocycles. The topological polar surface area (TPSA) is 84.0 Å². The van der Waals surface area contributed by atoms with Crippen LogP contribution in [0.3, 0.4) is 0 Å². The zero-order valence-corrected chi connectivity index (χ0v) is 15.7. The van der Waals surface area contributed by atoms with Crippen molar-refractivity contribution < 1.29 is 9.59 Å². The number of nitrogens with one attached hydrogen (secondary N) is 2. The normalized spacial score (nSPS) is 10.7. The predicted octanol–water partition coefficient (Wildman–Crippen LogP) is 4.12. The van der Waals surface area contributed by atoms with E-state index in [1.165, 1.54) is 11.3 Å². The van der Waals surface area contributed by atoms with Crippen LogP contribution in [-0.2, 0) is 11.2 Å². The molecule has 2 aromatic rings. The molecule has 0 radical (unpaired) electrons. The Hall–Kier alpha value is -2.28. The molecule has 0 aliphatic carbocycles. The average Bonchev–Trinajstić information content (AvgIpc) is 3.02. The van der Waals surface area contributed by atoms with Gasteiger partial charge in [0, 0.05) is 23.6 Å². The lowest BCUT2D eigenvalue weighted by Crippen LogP contribution is -2.18. The molecule has 25 heavy (non-hydrogen) atoms. The minimum absolute atomic E-state index is 0.0848. The predicted molar refractivity (Wildman–Crippen MR) is 101 cm³/mol. The molecule has 0 fully saturated rings. The molecule has 2 rings (SSSR count). The molecule has 0 aliphatic rings. The lowest BCUT2D eigenvalue weighted by atomic mass is 10.1. The van der Waals surface area contributed by atoms with E-state index in [1.807, 2.05) is 13.8 Å². The lowest BCUT2D eigenvalue weighted by molar-refractivity contribution is -0.118. The van der Waals surface area contributed by atoms with Crippen molar-refractivity contribution in [3.63, 3.8) is 0 Å². The second-order valence-corrected chi connectivity index (χ2v) is 7.20. The molecular formula is C18H24N4O2S. The molecule has 1 heterocycles. The summed E-state index contributed by atoms with van der Waals surface area (Å²) in [5.74, 6) is -0.472. The Morgan fingerprint density at radius 3 is 2.68 bits per heavy atom. The molecule has 0 saturated heterocycles. The molecule has 0 spiro atoms. The third kappa shape index (κ3) is 5.94. The van der Waals surface area contributed by atoms with Crippen molar-refractivity contribution in [1.82, 2.24) is 10.2 Å². The average molecular weight is 360 g/mol. The van der Waals surface area contributed by atoms with Crippen LogP contribution >= 0.6 is 11.3 Å². The Morgan fingerprint density at radius 2 is 1.96 bits per heavy atom. The lowest BCUT2D eigenvalue weighted by Gasteiger charge is -2.09. The number of unbranched alkanes of at least 4 members (excludes halogenated alkanes) is 2. The number of aromatic nitrogens is 2. The number of hydrogen-bond acceptors (Lipinski definition) is 5. The smallest absolute Gasteiger partial charge is 0.257 e. The summed E-state index contributed by atoms with van der Waals surface area (Å²) in [5, 5.41) is 15.1. The van der Waals surface area contributed by atoms with Crippen LogP contribution in [0.4, 0.5) is 10.8 Å². The fraction of sp³-hybridized carbons (Fsp3) is 0.444. The highest BCUT2D eigenvalue weighted by Gasteiger charge is 2.12. The van der Waals surface area contributed by atoms with E-state index in [4.69, 9.17) is 0 Å². The van der Waals surface area contributed by atoms with Crippen LogP contribution < -0.4 is 10.6 Å². The maximum Gasteiger partial charge on any atom is 0.257 e. The molecule has 134 valence electrons. The van der Waals surface area contributed by atoms with E-state index in [2.05, 4.69) is 27.8 Å². The monoisotopic (exact) mass is 360 g/mol. The molecule has 1 aromatic heterocycles. The fourth-order valence-electron chi connectivity index (χ4n) is 2.13. The number of aryl methyl sites for hydroxylation is 1. The van der Waals surface area contributed by atoms with Crippen molar-refractivity contribution in [2.45, 2.75) is 46.5 Å². The Bertz CT molecular complexity index is 727. The molecule has 7 heteroatoms. The van der Waals surface area contributed by atoms with E-state index >= 15 is 0 Å². The summed E-state index contributed by atoms with van der Waals surface area (Å²) in [5.41, 5.74) is 1.06. The number of nitrogens with zero attached hydrogens (tertiary/aromatic N) is 2. The maximum atomic E-state index is 12.4. The summed E-state index contributed by atoms with van der Waals surface area (Å²) in [6, 6.07) is 6.84. The largest absolute Gasteiger partial charge is 0.326 e. The van der Waals surface area contributed by atoms with Crippen LogP contribution in [0.1, 0.15) is 55.4 Å². The van der Waals surface area contributed by atoms with E-state index in [0.717, 1.165) is 30.7 Å². The van der Waals surface area contributed by atoms with Crippen LogP contribution in [0.5, 0.6) is 0 Å². The van der Waals surface area contributed by atoms with E-state index in [1.54, 1.807) is 24.3 Å². The Labute approximate surface area is 152 Å². The highest BCUT2D eigenvalue weighted by Crippen LogP contribution is 2.19. The summed E-state index contributed by atoms with van der Waals surface area (Å²) < 4.78 is 0. The van der Waals surface area contributed by atoms with Gasteiger partial charge in [0.2, 0.25) is 11.0 Å². The molecule has 6 nitrogen and oxygen atoms in total. The van der Waals surface area contributed by atoms with Crippen LogP contribution in [0.25, 0.3) is 0 Å². The Morgan fingerprint density at radius 1 is 1.16 bits per heavy atom. The molecule has 0 saturated carbocycles. The second kappa shape index (κ2) is 9.27. The second-order valence-electron chi connectivity index (χ2n) is 6.14. The van der Waals surface area contributed by atoms with Gasteiger partial charge in [0.1, 0.15) is 5.01 Å². The summed E-state index contributed by atoms with van der Waals surface area (Å²) in [4.78, 5) is 24.1. The van der Waals surface area contributed by atoms with Gasteiger partial charge < -0.3 is 5.32 Å². The molecule has 2 N–H and O–H groups in total. The standard InChI is InChI=1S/C18H24N4O2S/c1-4-5-6-10-15-21-22-18(25-15)20-17(24)13-8-7-9-14(11-13)19-16(23)12(2)3/h7-9,11-12H,4-6,10H2,1-3H3,(H,19,23)(H,20,22,24). The van der Waals surface area contributed by atoms with Gasteiger partial charge in [-0.05, 0) is 24.6 Å². The van der Waals surface area contributed by atoms with Gasteiger partial charge in [-0.15, -0.1) is 10.2 Å². The first kappa shape index (κ1) is 19.1. The third-order valence-corrected chi connectivity index (χ3v) is 4.50. The number of amides is 2. The first-order valence-electron chi connectivity index (χ1n) is 8.54. The molecule has 0 bridgehead atoms. The van der Waals surface area contributed by atoms with E-state index in [-0.39, 0.29) is 17.7 Å². The highest BCUT2D eigenvalue weighted by atomic mass is 32.1. The quantitative estimate of drug-likeness (QED) is 0.694. The molecule has 1 aromatic carbocycles. The van der Waals surface area contributed by atoms with Crippen molar-refractivity contribution in [1.29, 1.82) is 0 Å². The third-order valence-electron chi connectivity index (χ3n) is 3.60. The summed E-state index contributed by atoms with van der Waals surface area (Å²) in [6.07, 6.45) is 4.29. The molecular weight excluding hydrogens is 336 g/mol. The number of anilines is 2. The van der Waals surface area contributed by atoms with Gasteiger partial charge in [0.15, 0.2) is 0 Å². The fourth-order valence-corrected chi connectivity index (χ4v) is 2.90. The zero-order chi connectivity index (χ0) is 18.2. The van der Waals surface area contributed by atoms with E-state index in [0.29, 0.717) is 16.4 Å². The van der Waals surface area contributed by atoms with Crippen LogP contribution in [0.15, 0.2) is 24.3 Å². The van der Waals surface area contributed by atoms with Crippen molar-refractivity contribution >= 4 is 34.0 Å². The minimum Gasteiger partial charge on any atom is -0.326 e. The van der Waals surface area contributed by atoms with Gasteiger partial charge in [-0.1, -0.05) is 51.0 Å². The van der Waals surface area contributed by atoms with Crippen molar-refractivity contribution in [3.05, 3.63) is 34.8 Å². The number of carbonyl (C=O) groups is 2. The summed E-state index contributed by atoms with van der Waals surface area (Å²) >= 11 is 1.40. The van der Waals surface area contributed by atoms with Crippen molar-refractivity contribution in [2.24, 2.45) is 5.92 Å². The van der Waals surface area contributed by atoms with Gasteiger partial charge >= 0.3 is 0 Å². The highest BCUT2D eigenvalue weighted by molar-refractivity contribution is 7.15. The first-order chi connectivity index (χ1) is 12.0. The summed E-state index contributed by atoms with van der Waals surface area (Å²) in [7, 11) is 0. The molecule has 0 atom stereocenters. The van der Waals surface area contributed by atoms with Crippen LogP contribution in [-0.4, -0.2) is 22.0 Å². The number of benzene rings is 1. The molecule has 0 unspecified atom stereocenters. The minimum atomic E-state index is -0.267.